The summed E-state index contributed by atoms with van der Waals surface area (Å²) in [5.74, 6) is -0.446. The lowest BCUT2D eigenvalue weighted by Gasteiger charge is -2.24. The number of nitrogens with zero attached hydrogens (tertiary/aromatic N) is 3. The van der Waals surface area contributed by atoms with Crippen molar-refractivity contribution < 1.29 is 27.8 Å². The minimum atomic E-state index is -4.16. The third kappa shape index (κ3) is 5.04. The number of sulfonamides is 1. The topological polar surface area (TPSA) is 134 Å². The molecule has 3 aromatic carbocycles. The minimum absolute atomic E-state index is 0.0105. The van der Waals surface area contributed by atoms with E-state index in [1.165, 1.54) is 44.6 Å². The van der Waals surface area contributed by atoms with Gasteiger partial charge < -0.3 is 19.6 Å². The van der Waals surface area contributed by atoms with E-state index in [1.807, 2.05) is 0 Å². The number of benzene rings is 3. The highest BCUT2D eigenvalue weighted by molar-refractivity contribution is 9.10. The van der Waals surface area contributed by atoms with Crippen LogP contribution in [0.5, 0.6) is 17.4 Å². The Kier molecular flexibility index (Phi) is 7.27. The van der Waals surface area contributed by atoms with Gasteiger partial charge in [0.2, 0.25) is 5.88 Å². The van der Waals surface area contributed by atoms with Crippen LogP contribution in [0.25, 0.3) is 10.9 Å². The Bertz CT molecular complexity index is 1550. The quantitative estimate of drug-likeness (QED) is 0.280. The van der Waals surface area contributed by atoms with E-state index in [-0.39, 0.29) is 27.9 Å². The van der Waals surface area contributed by atoms with Crippen molar-refractivity contribution in [1.82, 2.24) is 4.98 Å². The molecule has 0 fully saturated rings. The highest BCUT2D eigenvalue weighted by Crippen LogP contribution is 2.37. The zero-order valence-electron chi connectivity index (χ0n) is 19.2. The molecular formula is C24H21BrN4O6S. The van der Waals surface area contributed by atoms with E-state index in [0.29, 0.717) is 16.7 Å². The smallest absolute Gasteiger partial charge is 0.285 e. The third-order valence-electron chi connectivity index (χ3n) is 5.24. The first-order valence-electron chi connectivity index (χ1n) is 10.5. The summed E-state index contributed by atoms with van der Waals surface area (Å²) in [4.78, 5) is 15.6. The van der Waals surface area contributed by atoms with E-state index in [4.69, 9.17) is 9.47 Å². The van der Waals surface area contributed by atoms with E-state index < -0.39 is 22.5 Å². The first-order valence-corrected chi connectivity index (χ1v) is 12.7. The number of H-pyrrole nitrogens is 1. The van der Waals surface area contributed by atoms with Gasteiger partial charge in [0.25, 0.3) is 15.9 Å². The SMILES string of the molecule is COc1ccc(N(CC(=O)N=Nc2c(O)[nH]c3ccc(Br)cc23)S(=O)(=O)c2ccccc2)cc1OC. The largest absolute Gasteiger partial charge is 0.493 e. The average Bonchev–Trinajstić information content (AvgIpc) is 3.19. The Morgan fingerprint density at radius 2 is 1.75 bits per heavy atom. The zero-order chi connectivity index (χ0) is 25.9. The molecule has 1 heterocycles. The number of halogens is 1. The minimum Gasteiger partial charge on any atom is -0.493 e. The predicted octanol–water partition coefficient (Wildman–Crippen LogP) is 5.16. The molecule has 2 N–H and O–H groups in total. The number of amides is 1. The summed E-state index contributed by atoms with van der Waals surface area (Å²) in [6, 6.07) is 17.4. The fourth-order valence-corrected chi connectivity index (χ4v) is 5.30. The molecule has 36 heavy (non-hydrogen) atoms. The fourth-order valence-electron chi connectivity index (χ4n) is 3.51. The van der Waals surface area contributed by atoms with Gasteiger partial charge in [-0.2, -0.15) is 0 Å². The van der Waals surface area contributed by atoms with Gasteiger partial charge in [-0.25, -0.2) is 8.42 Å². The van der Waals surface area contributed by atoms with Crippen LogP contribution in [0.2, 0.25) is 0 Å². The number of carbonyl (C=O) groups is 1. The highest BCUT2D eigenvalue weighted by atomic mass is 79.9. The second-order valence-electron chi connectivity index (χ2n) is 7.47. The molecule has 0 radical (unpaired) electrons. The molecule has 1 aromatic heterocycles. The molecular weight excluding hydrogens is 552 g/mol. The third-order valence-corrected chi connectivity index (χ3v) is 7.52. The number of rotatable bonds is 8. The predicted molar refractivity (Wildman–Crippen MR) is 138 cm³/mol. The number of anilines is 1. The van der Waals surface area contributed by atoms with Crippen LogP contribution in [0.4, 0.5) is 11.4 Å². The lowest BCUT2D eigenvalue weighted by atomic mass is 10.2. The van der Waals surface area contributed by atoms with Gasteiger partial charge in [0, 0.05) is 15.9 Å². The summed E-state index contributed by atoms with van der Waals surface area (Å²) in [5.41, 5.74) is 0.817. The maximum Gasteiger partial charge on any atom is 0.285 e. The van der Waals surface area contributed by atoms with Crippen molar-refractivity contribution in [2.45, 2.75) is 4.90 Å². The van der Waals surface area contributed by atoms with E-state index in [2.05, 4.69) is 31.1 Å². The van der Waals surface area contributed by atoms with Crippen molar-refractivity contribution in [3.63, 3.8) is 0 Å². The molecule has 4 aromatic rings. The second-order valence-corrected chi connectivity index (χ2v) is 10.2. The molecule has 0 saturated heterocycles. The van der Waals surface area contributed by atoms with Crippen molar-refractivity contribution >= 4 is 54.1 Å². The van der Waals surface area contributed by atoms with Crippen LogP contribution in [-0.2, 0) is 14.8 Å². The van der Waals surface area contributed by atoms with E-state index in [1.54, 1.807) is 36.4 Å². The van der Waals surface area contributed by atoms with Crippen molar-refractivity contribution in [1.29, 1.82) is 0 Å². The molecule has 1 amide bonds. The molecule has 0 aliphatic carbocycles. The zero-order valence-corrected chi connectivity index (χ0v) is 21.6. The molecule has 0 aliphatic rings. The van der Waals surface area contributed by atoms with Gasteiger partial charge in [-0.3, -0.25) is 9.10 Å². The van der Waals surface area contributed by atoms with Gasteiger partial charge >= 0.3 is 0 Å². The van der Waals surface area contributed by atoms with Gasteiger partial charge in [0.05, 0.1) is 30.3 Å². The average molecular weight is 573 g/mol. The normalized spacial score (nSPS) is 11.6. The van der Waals surface area contributed by atoms with Crippen LogP contribution in [0.3, 0.4) is 0 Å². The number of hydrogen-bond donors (Lipinski definition) is 2. The summed E-state index contributed by atoms with van der Waals surface area (Å²) in [7, 11) is -1.28. The first kappa shape index (κ1) is 25.2. The lowest BCUT2D eigenvalue weighted by Crippen LogP contribution is -2.35. The van der Waals surface area contributed by atoms with Gasteiger partial charge in [0.15, 0.2) is 17.2 Å². The monoisotopic (exact) mass is 572 g/mol. The van der Waals surface area contributed by atoms with E-state index in [0.717, 1.165) is 8.78 Å². The van der Waals surface area contributed by atoms with Crippen LogP contribution in [0.1, 0.15) is 0 Å². The number of methoxy groups -OCH3 is 2. The highest BCUT2D eigenvalue weighted by Gasteiger charge is 2.28. The summed E-state index contributed by atoms with van der Waals surface area (Å²) in [6.07, 6.45) is 0. The molecule has 0 aliphatic heterocycles. The molecule has 186 valence electrons. The number of aromatic hydroxyl groups is 1. The van der Waals surface area contributed by atoms with Crippen LogP contribution in [0.15, 0.2) is 86.3 Å². The van der Waals surface area contributed by atoms with Crippen molar-refractivity contribution in [2.24, 2.45) is 10.2 Å². The number of ether oxygens (including phenoxy) is 2. The van der Waals surface area contributed by atoms with E-state index in [9.17, 15) is 18.3 Å². The first-order chi connectivity index (χ1) is 17.2. The van der Waals surface area contributed by atoms with Crippen molar-refractivity contribution in [3.05, 3.63) is 71.2 Å². The number of nitrogens with one attached hydrogen (secondary N) is 1. The summed E-state index contributed by atoms with van der Waals surface area (Å²) < 4.78 is 39.2. The van der Waals surface area contributed by atoms with Crippen molar-refractivity contribution in [3.8, 4) is 17.4 Å². The molecule has 4 rings (SSSR count). The van der Waals surface area contributed by atoms with Gasteiger partial charge in [0.1, 0.15) is 6.54 Å². The van der Waals surface area contributed by atoms with Crippen LogP contribution in [0, 0.1) is 0 Å². The van der Waals surface area contributed by atoms with Crippen molar-refractivity contribution in [2.75, 3.05) is 25.1 Å². The number of aromatic amines is 1. The summed E-state index contributed by atoms with van der Waals surface area (Å²) in [5, 5.41) is 18.3. The Balaban J connectivity index is 1.71. The molecule has 0 saturated carbocycles. The number of fused-ring (bicyclic) bond motifs is 1. The Morgan fingerprint density at radius 1 is 1.03 bits per heavy atom. The maximum absolute atomic E-state index is 13.5. The van der Waals surface area contributed by atoms with Crippen LogP contribution >= 0.6 is 15.9 Å². The maximum atomic E-state index is 13.5. The van der Waals surface area contributed by atoms with Gasteiger partial charge in [-0.15, -0.1) is 10.2 Å². The second kappa shape index (κ2) is 10.4. The molecule has 0 spiro atoms. The fraction of sp³-hybridized carbons (Fsp3) is 0.125. The Labute approximate surface area is 215 Å². The Morgan fingerprint density at radius 3 is 2.44 bits per heavy atom. The Hall–Kier alpha value is -3.90. The van der Waals surface area contributed by atoms with E-state index >= 15 is 0 Å². The van der Waals surface area contributed by atoms with Gasteiger partial charge in [-0.05, 0) is 42.5 Å². The summed E-state index contributed by atoms with van der Waals surface area (Å²) >= 11 is 3.35. The number of aromatic nitrogens is 1. The number of azo groups is 1. The number of carbonyl (C=O) groups excluding carboxylic acids is 1. The summed E-state index contributed by atoms with van der Waals surface area (Å²) in [6.45, 7) is -0.650. The lowest BCUT2D eigenvalue weighted by molar-refractivity contribution is -0.116. The molecule has 12 heteroatoms. The van der Waals surface area contributed by atoms with Gasteiger partial charge in [-0.1, -0.05) is 34.1 Å². The molecule has 0 bridgehead atoms. The number of hydrogen-bond acceptors (Lipinski definition) is 7. The standard InChI is InChI=1S/C24H21BrN4O6S/c1-34-20-11-9-16(13-21(20)35-2)29(36(32,33)17-6-4-3-5-7-17)14-22(30)27-28-23-18-12-15(25)8-10-19(18)26-24(23)31/h3-13,26,31H,14H2,1-2H3. The molecule has 0 atom stereocenters. The van der Waals surface area contributed by atoms with Crippen LogP contribution in [-0.4, -0.2) is 45.2 Å². The molecule has 0 unspecified atom stereocenters. The van der Waals surface area contributed by atoms with Crippen LogP contribution < -0.4 is 13.8 Å². The molecule has 10 nitrogen and oxygen atoms in total.